The highest BCUT2D eigenvalue weighted by Gasteiger charge is 2.11. The largest absolute Gasteiger partial charge is 0.384 e. The predicted octanol–water partition coefficient (Wildman–Crippen LogP) is 0.370. The number of hydrogen-bond acceptors (Lipinski definition) is 4. The van der Waals surface area contributed by atoms with E-state index < -0.39 is 0 Å². The lowest BCUT2D eigenvalue weighted by atomic mass is 10.3. The van der Waals surface area contributed by atoms with Gasteiger partial charge in [-0.1, -0.05) is 0 Å². The molecule has 2 aromatic rings. The van der Waals surface area contributed by atoms with Crippen molar-refractivity contribution in [1.82, 2.24) is 20.1 Å². The van der Waals surface area contributed by atoms with E-state index >= 15 is 0 Å². The van der Waals surface area contributed by atoms with Crippen molar-refractivity contribution in [3.63, 3.8) is 0 Å². The second-order valence-electron chi connectivity index (χ2n) is 4.07. The molecule has 4 N–H and O–H groups in total. The number of nitrogen functional groups attached to an aromatic ring is 1. The Morgan fingerprint density at radius 1 is 1.63 bits per heavy atom. The Labute approximate surface area is 110 Å². The van der Waals surface area contributed by atoms with Gasteiger partial charge in [0, 0.05) is 32.0 Å². The third-order valence-electron chi connectivity index (χ3n) is 2.79. The average Bonchev–Trinajstić information content (AvgIpc) is 3.02. The van der Waals surface area contributed by atoms with Crippen molar-refractivity contribution in [3.8, 4) is 0 Å². The Kier molecular flexibility index (Phi) is 4.19. The number of nitrogens with two attached hydrogens (primary N) is 1. The van der Waals surface area contributed by atoms with Crippen LogP contribution in [-0.2, 0) is 17.8 Å². The molecule has 0 aliphatic carbocycles. The first-order chi connectivity index (χ1) is 9.22. The van der Waals surface area contributed by atoms with Crippen LogP contribution in [0, 0.1) is 0 Å². The van der Waals surface area contributed by atoms with E-state index in [2.05, 4.69) is 15.5 Å². The van der Waals surface area contributed by atoms with E-state index in [-0.39, 0.29) is 5.91 Å². The van der Waals surface area contributed by atoms with Crippen molar-refractivity contribution in [2.75, 3.05) is 19.5 Å². The number of hydrogen-bond donors (Lipinski definition) is 3. The number of anilines is 1. The first kappa shape index (κ1) is 13.2. The van der Waals surface area contributed by atoms with Crippen LogP contribution in [0.2, 0.25) is 0 Å². The van der Waals surface area contributed by atoms with Crippen LogP contribution < -0.4 is 11.1 Å². The molecule has 7 nitrogen and oxygen atoms in total. The number of ether oxygens (including phenoxy) is 1. The second-order valence-corrected chi connectivity index (χ2v) is 4.07. The molecule has 7 heteroatoms. The third kappa shape index (κ3) is 3.14. The van der Waals surface area contributed by atoms with E-state index in [4.69, 9.17) is 10.5 Å². The number of nitrogens with one attached hydrogen (secondary N) is 2. The number of H-pyrrole nitrogens is 1. The van der Waals surface area contributed by atoms with Crippen LogP contribution in [0.25, 0.3) is 0 Å². The summed E-state index contributed by atoms with van der Waals surface area (Å²) in [5.41, 5.74) is 7.01. The monoisotopic (exact) mass is 263 g/mol. The zero-order valence-electron chi connectivity index (χ0n) is 10.7. The van der Waals surface area contributed by atoms with E-state index in [1.807, 2.05) is 16.8 Å². The maximum Gasteiger partial charge on any atom is 0.268 e. The van der Waals surface area contributed by atoms with Gasteiger partial charge in [0.15, 0.2) is 0 Å². The summed E-state index contributed by atoms with van der Waals surface area (Å²) < 4.78 is 6.85. The molecular formula is C12H17N5O2. The van der Waals surface area contributed by atoms with Gasteiger partial charge >= 0.3 is 0 Å². The van der Waals surface area contributed by atoms with E-state index in [9.17, 15) is 4.79 Å². The number of amides is 1. The maximum atomic E-state index is 12.1. The van der Waals surface area contributed by atoms with Gasteiger partial charge in [-0.05, 0) is 12.1 Å². The standard InChI is InChI=1S/C12H17N5O2/c1-19-6-5-17-4-2-3-10(17)12(18)14-7-9-8-15-16-11(9)13/h2-4,8H,5-7H2,1H3,(H,14,18)(H3,13,15,16). The third-order valence-corrected chi connectivity index (χ3v) is 2.79. The van der Waals surface area contributed by atoms with Crippen molar-refractivity contribution < 1.29 is 9.53 Å². The van der Waals surface area contributed by atoms with Crippen molar-refractivity contribution in [2.24, 2.45) is 0 Å². The summed E-state index contributed by atoms with van der Waals surface area (Å²) in [5.74, 6) is 0.316. The van der Waals surface area contributed by atoms with E-state index in [0.717, 1.165) is 5.56 Å². The summed E-state index contributed by atoms with van der Waals surface area (Å²) in [7, 11) is 1.63. The van der Waals surface area contributed by atoms with Gasteiger partial charge in [-0.2, -0.15) is 5.10 Å². The van der Waals surface area contributed by atoms with Crippen LogP contribution in [0.15, 0.2) is 24.5 Å². The highest BCUT2D eigenvalue weighted by atomic mass is 16.5. The number of aromatic nitrogens is 3. The van der Waals surface area contributed by atoms with E-state index in [0.29, 0.717) is 31.2 Å². The zero-order chi connectivity index (χ0) is 13.7. The van der Waals surface area contributed by atoms with Gasteiger partial charge < -0.3 is 20.4 Å². The number of aromatic amines is 1. The molecule has 0 aliphatic heterocycles. The highest BCUT2D eigenvalue weighted by Crippen LogP contribution is 2.07. The molecule has 2 heterocycles. The molecule has 0 unspecified atom stereocenters. The molecule has 2 rings (SSSR count). The molecule has 19 heavy (non-hydrogen) atoms. The molecule has 0 saturated carbocycles. The van der Waals surface area contributed by atoms with Gasteiger partial charge in [-0.25, -0.2) is 0 Å². The van der Waals surface area contributed by atoms with Crippen molar-refractivity contribution in [1.29, 1.82) is 0 Å². The van der Waals surface area contributed by atoms with Gasteiger partial charge in [0.25, 0.3) is 5.91 Å². The Morgan fingerprint density at radius 3 is 3.16 bits per heavy atom. The molecule has 0 bridgehead atoms. The first-order valence-electron chi connectivity index (χ1n) is 5.92. The molecule has 1 amide bonds. The van der Waals surface area contributed by atoms with Crippen LogP contribution in [0.5, 0.6) is 0 Å². The lowest BCUT2D eigenvalue weighted by Crippen LogP contribution is -2.26. The van der Waals surface area contributed by atoms with Gasteiger partial charge in [0.2, 0.25) is 0 Å². The molecule has 0 fully saturated rings. The first-order valence-corrected chi connectivity index (χ1v) is 5.92. The van der Waals surface area contributed by atoms with Gasteiger partial charge in [-0.3, -0.25) is 9.89 Å². The van der Waals surface area contributed by atoms with Crippen LogP contribution in [0.1, 0.15) is 16.1 Å². The summed E-state index contributed by atoms with van der Waals surface area (Å²) >= 11 is 0. The van der Waals surface area contributed by atoms with Gasteiger partial charge in [0.1, 0.15) is 11.5 Å². The Hall–Kier alpha value is -2.28. The van der Waals surface area contributed by atoms with Crippen molar-refractivity contribution in [3.05, 3.63) is 35.8 Å². The zero-order valence-corrected chi connectivity index (χ0v) is 10.7. The SMILES string of the molecule is COCCn1cccc1C(=O)NCc1cn[nH]c1N. The van der Waals surface area contributed by atoms with Gasteiger partial charge in [0.05, 0.1) is 12.8 Å². The minimum absolute atomic E-state index is 0.151. The molecular weight excluding hydrogens is 246 g/mol. The lowest BCUT2D eigenvalue weighted by Gasteiger charge is -2.09. The Morgan fingerprint density at radius 2 is 2.47 bits per heavy atom. The second kappa shape index (κ2) is 6.05. The van der Waals surface area contributed by atoms with Crippen LogP contribution in [0.3, 0.4) is 0 Å². The smallest absolute Gasteiger partial charge is 0.268 e. The number of carbonyl (C=O) groups excluding carboxylic acids is 1. The molecule has 0 spiro atoms. The van der Waals surface area contributed by atoms with Crippen LogP contribution >= 0.6 is 0 Å². The minimum Gasteiger partial charge on any atom is -0.384 e. The maximum absolute atomic E-state index is 12.1. The summed E-state index contributed by atoms with van der Waals surface area (Å²) in [6.45, 7) is 1.54. The van der Waals surface area contributed by atoms with Crippen LogP contribution in [-0.4, -0.2) is 34.4 Å². The van der Waals surface area contributed by atoms with Crippen molar-refractivity contribution in [2.45, 2.75) is 13.1 Å². The van der Waals surface area contributed by atoms with E-state index in [1.54, 1.807) is 19.4 Å². The molecule has 0 atom stereocenters. The number of carbonyl (C=O) groups is 1. The van der Waals surface area contributed by atoms with E-state index in [1.165, 1.54) is 0 Å². The molecule has 102 valence electrons. The normalized spacial score (nSPS) is 10.6. The quantitative estimate of drug-likeness (QED) is 0.701. The molecule has 2 aromatic heterocycles. The van der Waals surface area contributed by atoms with Crippen molar-refractivity contribution >= 4 is 11.7 Å². The summed E-state index contributed by atoms with van der Waals surface area (Å²) in [5, 5.41) is 9.22. The fraction of sp³-hybridized carbons (Fsp3) is 0.333. The van der Waals surface area contributed by atoms with Crippen LogP contribution in [0.4, 0.5) is 5.82 Å². The summed E-state index contributed by atoms with van der Waals surface area (Å²) in [6, 6.07) is 3.60. The highest BCUT2D eigenvalue weighted by molar-refractivity contribution is 5.92. The predicted molar refractivity (Wildman–Crippen MR) is 70.5 cm³/mol. The fourth-order valence-corrected chi connectivity index (χ4v) is 1.73. The molecule has 0 radical (unpaired) electrons. The Bertz CT molecular complexity index is 546. The summed E-state index contributed by atoms with van der Waals surface area (Å²) in [6.07, 6.45) is 3.44. The number of rotatable bonds is 6. The average molecular weight is 263 g/mol. The summed E-state index contributed by atoms with van der Waals surface area (Å²) in [4.78, 5) is 12.1. The minimum atomic E-state index is -0.151. The molecule has 0 aliphatic rings. The molecule has 0 saturated heterocycles. The number of nitrogens with zero attached hydrogens (tertiary/aromatic N) is 2. The number of methoxy groups -OCH3 is 1. The Balaban J connectivity index is 1.96. The molecule has 0 aromatic carbocycles. The van der Waals surface area contributed by atoms with Gasteiger partial charge in [-0.15, -0.1) is 0 Å². The topological polar surface area (TPSA) is 98.0 Å². The lowest BCUT2D eigenvalue weighted by molar-refractivity contribution is 0.0939. The fourth-order valence-electron chi connectivity index (χ4n) is 1.73.